The monoisotopic (exact) mass is 394 g/mol. The van der Waals surface area contributed by atoms with E-state index < -0.39 is 0 Å². The lowest BCUT2D eigenvalue weighted by molar-refractivity contribution is -0.128. The highest BCUT2D eigenvalue weighted by Crippen LogP contribution is 2.39. The van der Waals surface area contributed by atoms with Crippen molar-refractivity contribution in [1.82, 2.24) is 14.3 Å². The van der Waals surface area contributed by atoms with Gasteiger partial charge in [-0.2, -0.15) is 0 Å². The van der Waals surface area contributed by atoms with Gasteiger partial charge in [0.1, 0.15) is 5.82 Å². The fraction of sp³-hybridized carbons (Fsp3) is 0.364. The average molecular weight is 395 g/mol. The van der Waals surface area contributed by atoms with Crippen LogP contribution in [0.4, 0.5) is 0 Å². The van der Waals surface area contributed by atoms with Gasteiger partial charge in [-0.05, 0) is 62.4 Å². The Balaban J connectivity index is 1.52. The summed E-state index contributed by atoms with van der Waals surface area (Å²) in [6.07, 6.45) is 0.671. The Morgan fingerprint density at radius 2 is 2.04 bits per heavy atom. The van der Waals surface area contributed by atoms with Gasteiger partial charge in [-0.15, -0.1) is 0 Å². The summed E-state index contributed by atoms with van der Waals surface area (Å²) in [5.41, 5.74) is 10.4. The molecule has 1 amide bonds. The molecule has 1 saturated heterocycles. The van der Waals surface area contributed by atoms with E-state index in [1.807, 2.05) is 40.7 Å². The van der Waals surface area contributed by atoms with Gasteiger partial charge in [0.25, 0.3) is 0 Å². The molecule has 1 aliphatic heterocycles. The minimum atomic E-state index is -0.220. The number of aromatic nitrogens is 2. The molecular weight excluding hydrogens is 368 g/mol. The van der Waals surface area contributed by atoms with Crippen LogP contribution in [0, 0.1) is 0 Å². The van der Waals surface area contributed by atoms with Crippen LogP contribution in [-0.4, -0.2) is 31.5 Å². The predicted octanol–water partition coefficient (Wildman–Crippen LogP) is 4.18. The van der Waals surface area contributed by atoms with E-state index in [2.05, 4.69) is 42.9 Å². The molecule has 0 spiro atoms. The van der Waals surface area contributed by atoms with Gasteiger partial charge in [-0.25, -0.2) is 4.98 Å². The molecule has 5 nitrogen and oxygen atoms in total. The van der Waals surface area contributed by atoms with Crippen LogP contribution >= 0.6 is 11.9 Å². The standard InChI is InChI=1S/C22H26N4OS/c1-22(2,3)26-21(27)16(13-28-26)15-8-6-7-14(11-15)12-17(23)20-24-18-9-4-5-10-19(18)25-20/h4-11,16-17H,12-13,23H2,1-3H3,(H,24,25). The maximum absolute atomic E-state index is 12.9. The van der Waals surface area contributed by atoms with E-state index in [4.69, 9.17) is 5.73 Å². The Morgan fingerprint density at radius 3 is 2.75 bits per heavy atom. The van der Waals surface area contributed by atoms with Crippen LogP contribution < -0.4 is 5.73 Å². The normalized spacial score (nSPS) is 18.8. The summed E-state index contributed by atoms with van der Waals surface area (Å²) >= 11 is 1.62. The van der Waals surface area contributed by atoms with Gasteiger partial charge in [-0.1, -0.05) is 36.4 Å². The van der Waals surface area contributed by atoms with E-state index in [0.717, 1.165) is 33.7 Å². The number of H-pyrrole nitrogens is 1. The van der Waals surface area contributed by atoms with Crippen LogP contribution in [-0.2, 0) is 11.2 Å². The van der Waals surface area contributed by atoms with Crippen molar-refractivity contribution in [3.8, 4) is 0 Å². The molecule has 146 valence electrons. The first-order valence-corrected chi connectivity index (χ1v) is 10.5. The fourth-order valence-electron chi connectivity index (χ4n) is 3.62. The highest BCUT2D eigenvalue weighted by molar-refractivity contribution is 7.98. The van der Waals surface area contributed by atoms with Crippen molar-refractivity contribution < 1.29 is 4.79 Å². The predicted molar refractivity (Wildman–Crippen MR) is 115 cm³/mol. The molecule has 2 atom stereocenters. The molecule has 4 rings (SSSR count). The number of nitrogens with zero attached hydrogens (tertiary/aromatic N) is 2. The van der Waals surface area contributed by atoms with Crippen LogP contribution in [0.15, 0.2) is 48.5 Å². The summed E-state index contributed by atoms with van der Waals surface area (Å²) in [7, 11) is 0. The summed E-state index contributed by atoms with van der Waals surface area (Å²) in [5, 5.41) is 0. The molecule has 3 N–H and O–H groups in total. The summed E-state index contributed by atoms with van der Waals surface area (Å²) in [6, 6.07) is 16.0. The van der Waals surface area contributed by atoms with Gasteiger partial charge in [0, 0.05) is 11.3 Å². The smallest absolute Gasteiger partial charge is 0.241 e. The lowest BCUT2D eigenvalue weighted by Gasteiger charge is -2.30. The molecule has 2 unspecified atom stereocenters. The van der Waals surface area contributed by atoms with E-state index >= 15 is 0 Å². The average Bonchev–Trinajstić information content (AvgIpc) is 3.25. The third kappa shape index (κ3) is 3.66. The Bertz CT molecular complexity index is 974. The minimum absolute atomic E-state index is 0.0911. The second kappa shape index (κ2) is 7.26. The molecule has 0 aliphatic carbocycles. The third-order valence-corrected chi connectivity index (χ3v) is 6.51. The van der Waals surface area contributed by atoms with E-state index in [1.165, 1.54) is 0 Å². The van der Waals surface area contributed by atoms with Crippen molar-refractivity contribution in [2.24, 2.45) is 5.73 Å². The minimum Gasteiger partial charge on any atom is -0.341 e. The summed E-state index contributed by atoms with van der Waals surface area (Å²) in [6.45, 7) is 6.22. The third-order valence-electron chi connectivity index (χ3n) is 5.05. The highest BCUT2D eigenvalue weighted by atomic mass is 32.2. The number of fused-ring (bicyclic) bond motifs is 1. The zero-order valence-corrected chi connectivity index (χ0v) is 17.3. The number of nitrogens with one attached hydrogen (secondary N) is 1. The van der Waals surface area contributed by atoms with Gasteiger partial charge >= 0.3 is 0 Å². The second-order valence-electron chi connectivity index (χ2n) is 8.35. The van der Waals surface area contributed by atoms with Crippen LogP contribution in [0.25, 0.3) is 11.0 Å². The summed E-state index contributed by atoms with van der Waals surface area (Å²) in [4.78, 5) is 20.8. The van der Waals surface area contributed by atoms with Gasteiger partial charge in [0.05, 0.1) is 23.0 Å². The number of imidazole rings is 1. The van der Waals surface area contributed by atoms with Crippen molar-refractivity contribution >= 4 is 28.9 Å². The summed E-state index contributed by atoms with van der Waals surface area (Å²) in [5.74, 6) is 1.68. The Labute approximate surface area is 169 Å². The molecule has 0 radical (unpaired) electrons. The molecule has 1 aromatic heterocycles. The first-order chi connectivity index (χ1) is 13.3. The first kappa shape index (κ1) is 19.0. The second-order valence-corrected chi connectivity index (χ2v) is 9.30. The molecule has 2 aromatic carbocycles. The molecule has 1 fully saturated rings. The Hall–Kier alpha value is -2.31. The van der Waals surface area contributed by atoms with Crippen molar-refractivity contribution in [1.29, 1.82) is 0 Å². The molecule has 3 aromatic rings. The number of aromatic amines is 1. The number of carbonyl (C=O) groups excluding carboxylic acids is 1. The van der Waals surface area contributed by atoms with Crippen LogP contribution in [0.5, 0.6) is 0 Å². The van der Waals surface area contributed by atoms with E-state index in [9.17, 15) is 4.79 Å². The van der Waals surface area contributed by atoms with E-state index in [-0.39, 0.29) is 23.4 Å². The number of carbonyl (C=O) groups is 1. The van der Waals surface area contributed by atoms with Crippen molar-refractivity contribution in [2.45, 2.75) is 44.7 Å². The number of benzene rings is 2. The highest BCUT2D eigenvalue weighted by Gasteiger charge is 2.39. The van der Waals surface area contributed by atoms with Gasteiger partial charge in [0.2, 0.25) is 5.91 Å². The fourth-order valence-corrected chi connectivity index (χ4v) is 4.90. The number of rotatable bonds is 4. The molecule has 1 aliphatic rings. The zero-order valence-electron chi connectivity index (χ0n) is 16.5. The van der Waals surface area contributed by atoms with E-state index in [0.29, 0.717) is 6.42 Å². The van der Waals surface area contributed by atoms with Crippen LogP contribution in [0.1, 0.15) is 49.7 Å². The maximum Gasteiger partial charge on any atom is 0.241 e. The first-order valence-electron chi connectivity index (χ1n) is 9.59. The molecule has 0 saturated carbocycles. The number of hydrogen-bond donors (Lipinski definition) is 2. The SMILES string of the molecule is CC(C)(C)N1SCC(c2cccc(CC(N)c3nc4ccccc4[nH]3)c2)C1=O. The Kier molecular flexibility index (Phi) is 4.93. The van der Waals surface area contributed by atoms with Gasteiger partial charge < -0.3 is 10.7 Å². The maximum atomic E-state index is 12.9. The largest absolute Gasteiger partial charge is 0.341 e. The number of para-hydroxylation sites is 2. The zero-order chi connectivity index (χ0) is 19.9. The van der Waals surface area contributed by atoms with E-state index in [1.54, 1.807) is 11.9 Å². The van der Waals surface area contributed by atoms with Gasteiger partial charge in [-0.3, -0.25) is 9.10 Å². The quantitative estimate of drug-likeness (QED) is 0.651. The lowest BCUT2D eigenvalue weighted by Crippen LogP contribution is -2.38. The lowest BCUT2D eigenvalue weighted by atomic mass is 9.95. The molecular formula is C22H26N4OS. The van der Waals surface area contributed by atoms with Crippen molar-refractivity contribution in [3.05, 3.63) is 65.5 Å². The molecule has 28 heavy (non-hydrogen) atoms. The van der Waals surface area contributed by atoms with Crippen molar-refractivity contribution in [3.63, 3.8) is 0 Å². The summed E-state index contributed by atoms with van der Waals surface area (Å²) < 4.78 is 1.91. The molecule has 0 bridgehead atoms. The number of nitrogens with two attached hydrogens (primary N) is 1. The van der Waals surface area contributed by atoms with Gasteiger partial charge in [0.15, 0.2) is 0 Å². The van der Waals surface area contributed by atoms with Crippen LogP contribution in [0.2, 0.25) is 0 Å². The Morgan fingerprint density at radius 1 is 1.25 bits per heavy atom. The number of hydrogen-bond acceptors (Lipinski definition) is 4. The molecule has 2 heterocycles. The molecule has 6 heteroatoms. The van der Waals surface area contributed by atoms with Crippen molar-refractivity contribution in [2.75, 3.05) is 5.75 Å². The number of amides is 1. The van der Waals surface area contributed by atoms with Crippen LogP contribution in [0.3, 0.4) is 0 Å². The topological polar surface area (TPSA) is 75.0 Å².